The molecule has 1 amide bonds. The lowest BCUT2D eigenvalue weighted by Gasteiger charge is -2.17. The van der Waals surface area contributed by atoms with Gasteiger partial charge in [0.25, 0.3) is 11.5 Å². The summed E-state index contributed by atoms with van der Waals surface area (Å²) in [6, 6.07) is 11.2. The van der Waals surface area contributed by atoms with Gasteiger partial charge in [-0.15, -0.1) is 0 Å². The predicted molar refractivity (Wildman–Crippen MR) is 137 cm³/mol. The van der Waals surface area contributed by atoms with Crippen molar-refractivity contribution >= 4 is 16.8 Å². The van der Waals surface area contributed by atoms with E-state index in [1.807, 2.05) is 12.1 Å². The van der Waals surface area contributed by atoms with E-state index in [9.17, 15) is 18.4 Å². The highest BCUT2D eigenvalue weighted by molar-refractivity contribution is 5.80. The Morgan fingerprint density at radius 3 is 2.68 bits per heavy atom. The summed E-state index contributed by atoms with van der Waals surface area (Å²) in [4.78, 5) is 37.8. The SMILES string of the molecule is Cn1cc(-c2cnc(CCC(F)(F)c3ccccc3)c(=O)n2CC(=O)NCc2cc3cnccc3[nH]2)cn1. The van der Waals surface area contributed by atoms with Crippen molar-refractivity contribution in [3.63, 3.8) is 0 Å². The number of aryl methyl sites for hydroxylation is 2. The largest absolute Gasteiger partial charge is 0.357 e. The van der Waals surface area contributed by atoms with E-state index in [-0.39, 0.29) is 30.8 Å². The molecular weight excluding hydrogens is 492 g/mol. The number of aromatic amines is 1. The Hall–Kier alpha value is -4.67. The van der Waals surface area contributed by atoms with Crippen LogP contribution < -0.4 is 10.9 Å². The summed E-state index contributed by atoms with van der Waals surface area (Å²) < 4.78 is 32.3. The Bertz CT molecular complexity index is 1610. The van der Waals surface area contributed by atoms with E-state index in [0.717, 1.165) is 16.6 Å². The van der Waals surface area contributed by atoms with E-state index >= 15 is 0 Å². The smallest absolute Gasteiger partial charge is 0.273 e. The fraction of sp³-hybridized carbons (Fsp3) is 0.222. The number of fused-ring (bicyclic) bond motifs is 1. The Morgan fingerprint density at radius 1 is 1.13 bits per heavy atom. The number of halogens is 2. The van der Waals surface area contributed by atoms with Gasteiger partial charge in [0, 0.05) is 66.2 Å². The molecule has 2 N–H and O–H groups in total. The molecule has 4 aromatic heterocycles. The number of aromatic nitrogens is 6. The highest BCUT2D eigenvalue weighted by Gasteiger charge is 2.31. The summed E-state index contributed by atoms with van der Waals surface area (Å²) in [6.45, 7) is -0.0961. The van der Waals surface area contributed by atoms with Crippen LogP contribution in [0.5, 0.6) is 0 Å². The third-order valence-electron chi connectivity index (χ3n) is 6.25. The van der Waals surface area contributed by atoms with Gasteiger partial charge in [0.15, 0.2) is 0 Å². The van der Waals surface area contributed by atoms with Crippen LogP contribution in [0.15, 0.2) is 78.2 Å². The van der Waals surface area contributed by atoms with E-state index in [0.29, 0.717) is 11.3 Å². The van der Waals surface area contributed by atoms with Gasteiger partial charge < -0.3 is 10.3 Å². The Labute approximate surface area is 216 Å². The molecule has 0 aliphatic rings. The van der Waals surface area contributed by atoms with Crippen molar-refractivity contribution in [2.45, 2.75) is 31.9 Å². The van der Waals surface area contributed by atoms with Crippen LogP contribution in [0, 0.1) is 0 Å². The molecule has 11 heteroatoms. The maximum Gasteiger partial charge on any atom is 0.273 e. The standard InChI is InChI=1S/C27H25F2N7O2/c1-35-16-19(13-33-35)24-15-31-23(7-9-27(28,29)20-5-3-2-4-6-20)26(38)36(24)17-25(37)32-14-21-11-18-12-30-10-8-22(18)34-21/h2-6,8,10-13,15-16,34H,7,9,14,17H2,1H3,(H,32,37). The molecule has 4 heterocycles. The number of carbonyl (C=O) groups is 1. The number of alkyl halides is 2. The zero-order chi connectivity index (χ0) is 26.7. The summed E-state index contributed by atoms with van der Waals surface area (Å²) in [5.41, 5.74) is 1.86. The van der Waals surface area contributed by atoms with Gasteiger partial charge in [-0.3, -0.25) is 28.8 Å². The van der Waals surface area contributed by atoms with E-state index < -0.39 is 23.8 Å². The maximum absolute atomic E-state index is 14.8. The summed E-state index contributed by atoms with van der Waals surface area (Å²) in [5, 5.41) is 7.85. The van der Waals surface area contributed by atoms with Gasteiger partial charge in [-0.25, -0.2) is 8.78 Å². The lowest BCUT2D eigenvalue weighted by molar-refractivity contribution is -0.121. The lowest BCUT2D eigenvalue weighted by atomic mass is 10.0. The topological polar surface area (TPSA) is 110 Å². The van der Waals surface area contributed by atoms with Crippen LogP contribution in [0.4, 0.5) is 8.78 Å². The van der Waals surface area contributed by atoms with Crippen LogP contribution >= 0.6 is 0 Å². The number of rotatable bonds is 9. The number of carbonyl (C=O) groups excluding carboxylic acids is 1. The number of amides is 1. The van der Waals surface area contributed by atoms with Crippen LogP contribution in [0.2, 0.25) is 0 Å². The molecule has 0 saturated carbocycles. The minimum atomic E-state index is -3.13. The second-order valence-electron chi connectivity index (χ2n) is 8.99. The summed E-state index contributed by atoms with van der Waals surface area (Å²) in [7, 11) is 1.72. The van der Waals surface area contributed by atoms with Crippen molar-refractivity contribution in [3.8, 4) is 11.3 Å². The molecule has 5 rings (SSSR count). The van der Waals surface area contributed by atoms with Crippen LogP contribution in [0.25, 0.3) is 22.2 Å². The fourth-order valence-corrected chi connectivity index (χ4v) is 4.26. The average molecular weight is 518 g/mol. The monoisotopic (exact) mass is 517 g/mol. The predicted octanol–water partition coefficient (Wildman–Crippen LogP) is 3.56. The van der Waals surface area contributed by atoms with Crippen LogP contribution in [0.3, 0.4) is 0 Å². The second-order valence-corrected chi connectivity index (χ2v) is 8.99. The molecule has 0 aliphatic heterocycles. The number of H-pyrrole nitrogens is 1. The Morgan fingerprint density at radius 2 is 1.95 bits per heavy atom. The van der Waals surface area contributed by atoms with Crippen LogP contribution in [-0.4, -0.2) is 35.2 Å². The van der Waals surface area contributed by atoms with E-state index in [1.165, 1.54) is 22.9 Å². The molecule has 0 atom stereocenters. The number of nitrogens with zero attached hydrogens (tertiary/aromatic N) is 5. The number of hydrogen-bond donors (Lipinski definition) is 2. The van der Waals surface area contributed by atoms with Crippen molar-refractivity contribution in [1.82, 2.24) is 34.6 Å². The average Bonchev–Trinajstić information content (AvgIpc) is 3.54. The molecule has 0 unspecified atom stereocenters. The summed E-state index contributed by atoms with van der Waals surface area (Å²) in [6.07, 6.45) is 7.21. The van der Waals surface area contributed by atoms with Gasteiger partial charge >= 0.3 is 0 Å². The highest BCUT2D eigenvalue weighted by atomic mass is 19.3. The molecule has 0 bridgehead atoms. The minimum absolute atomic E-state index is 0.0378. The van der Waals surface area contributed by atoms with Crippen molar-refractivity contribution < 1.29 is 13.6 Å². The van der Waals surface area contributed by atoms with Crippen LogP contribution in [-0.2, 0) is 37.3 Å². The third-order valence-corrected chi connectivity index (χ3v) is 6.25. The van der Waals surface area contributed by atoms with Gasteiger partial charge in [-0.2, -0.15) is 5.10 Å². The molecule has 0 aliphatic carbocycles. The lowest BCUT2D eigenvalue weighted by Crippen LogP contribution is -2.35. The molecule has 0 spiro atoms. The molecule has 38 heavy (non-hydrogen) atoms. The van der Waals surface area contributed by atoms with Crippen molar-refractivity contribution in [2.75, 3.05) is 0 Å². The van der Waals surface area contributed by atoms with Gasteiger partial charge in [-0.05, 0) is 12.1 Å². The van der Waals surface area contributed by atoms with Crippen LogP contribution in [0.1, 0.15) is 23.4 Å². The first-order valence-electron chi connectivity index (χ1n) is 12.0. The van der Waals surface area contributed by atoms with E-state index in [4.69, 9.17) is 0 Å². The summed E-state index contributed by atoms with van der Waals surface area (Å²) in [5.74, 6) is -3.55. The molecule has 194 valence electrons. The number of benzene rings is 1. The van der Waals surface area contributed by atoms with Gasteiger partial charge in [0.1, 0.15) is 12.2 Å². The van der Waals surface area contributed by atoms with Crippen molar-refractivity contribution in [2.24, 2.45) is 7.05 Å². The van der Waals surface area contributed by atoms with Crippen molar-refractivity contribution in [1.29, 1.82) is 0 Å². The zero-order valence-corrected chi connectivity index (χ0v) is 20.6. The van der Waals surface area contributed by atoms with E-state index in [2.05, 4.69) is 25.4 Å². The van der Waals surface area contributed by atoms with Gasteiger partial charge in [0.2, 0.25) is 5.91 Å². The number of pyridine rings is 1. The number of nitrogens with one attached hydrogen (secondary N) is 2. The first-order chi connectivity index (χ1) is 18.3. The molecule has 0 saturated heterocycles. The molecule has 5 aromatic rings. The zero-order valence-electron chi connectivity index (χ0n) is 20.6. The molecular formula is C27H25F2N7O2. The normalized spacial score (nSPS) is 11.7. The molecule has 0 radical (unpaired) electrons. The molecule has 0 fully saturated rings. The Kier molecular flexibility index (Phi) is 6.82. The quantitative estimate of drug-likeness (QED) is 0.311. The first-order valence-corrected chi connectivity index (χ1v) is 12.0. The fourth-order valence-electron chi connectivity index (χ4n) is 4.26. The molecule has 1 aromatic carbocycles. The number of hydrogen-bond acceptors (Lipinski definition) is 5. The summed E-state index contributed by atoms with van der Waals surface area (Å²) >= 11 is 0. The Balaban J connectivity index is 1.37. The van der Waals surface area contributed by atoms with Gasteiger partial charge in [-0.1, -0.05) is 30.3 Å². The van der Waals surface area contributed by atoms with Gasteiger partial charge in [0.05, 0.1) is 24.6 Å². The maximum atomic E-state index is 14.8. The minimum Gasteiger partial charge on any atom is -0.357 e. The third kappa shape index (κ3) is 5.36. The van der Waals surface area contributed by atoms with Crippen molar-refractivity contribution in [3.05, 3.63) is 101 Å². The first kappa shape index (κ1) is 25.0. The van der Waals surface area contributed by atoms with E-state index in [1.54, 1.807) is 54.7 Å². The molecule has 9 nitrogen and oxygen atoms in total. The highest BCUT2D eigenvalue weighted by Crippen LogP contribution is 2.32. The second kappa shape index (κ2) is 10.4.